The molecule has 0 spiro atoms. The van der Waals surface area contributed by atoms with E-state index in [0.29, 0.717) is 22.6 Å². The molecule has 138 valence electrons. The molecule has 2 heterocycles. The fourth-order valence-electron chi connectivity index (χ4n) is 2.82. The smallest absolute Gasteiger partial charge is 0.279 e. The van der Waals surface area contributed by atoms with Crippen LogP contribution in [0.2, 0.25) is 0 Å². The highest BCUT2D eigenvalue weighted by atomic mass is 32.1. The van der Waals surface area contributed by atoms with Crippen LogP contribution in [0.15, 0.2) is 46.9 Å². The number of terminal acetylenes is 1. The van der Waals surface area contributed by atoms with Gasteiger partial charge in [-0.2, -0.15) is 4.99 Å². The highest BCUT2D eigenvalue weighted by Gasteiger charge is 2.11. The van der Waals surface area contributed by atoms with Crippen molar-refractivity contribution in [3.63, 3.8) is 0 Å². The quantitative estimate of drug-likeness (QED) is 0.528. The summed E-state index contributed by atoms with van der Waals surface area (Å²) in [6.45, 7) is 1.75. The number of aromatic nitrogens is 2. The Hall–Kier alpha value is -3.28. The van der Waals surface area contributed by atoms with E-state index < -0.39 is 0 Å². The van der Waals surface area contributed by atoms with E-state index in [0.717, 1.165) is 20.4 Å². The zero-order valence-electron chi connectivity index (χ0n) is 14.8. The second kappa shape index (κ2) is 7.38. The number of thiazole rings is 2. The van der Waals surface area contributed by atoms with Gasteiger partial charge >= 0.3 is 0 Å². The SMILES string of the molecule is C#CCn1c(=NC(=O)c2ccc3ncsc3c2)sc2cc(NC(C)=O)ccc21. The molecule has 2 aromatic heterocycles. The van der Waals surface area contributed by atoms with Crippen LogP contribution in [0, 0.1) is 12.3 Å². The average molecular weight is 406 g/mol. The first-order valence-electron chi connectivity index (χ1n) is 8.32. The van der Waals surface area contributed by atoms with Gasteiger partial charge in [0.2, 0.25) is 5.91 Å². The Balaban J connectivity index is 1.81. The molecule has 6 nitrogen and oxygen atoms in total. The number of carbonyl (C=O) groups is 2. The van der Waals surface area contributed by atoms with Crippen LogP contribution in [-0.4, -0.2) is 21.4 Å². The highest BCUT2D eigenvalue weighted by Crippen LogP contribution is 2.23. The summed E-state index contributed by atoms with van der Waals surface area (Å²) < 4.78 is 3.64. The molecule has 0 aliphatic rings. The van der Waals surface area contributed by atoms with E-state index in [4.69, 9.17) is 6.42 Å². The molecule has 8 heteroatoms. The van der Waals surface area contributed by atoms with Crippen LogP contribution < -0.4 is 10.1 Å². The molecule has 0 radical (unpaired) electrons. The molecule has 0 atom stereocenters. The summed E-state index contributed by atoms with van der Waals surface area (Å²) in [5.41, 5.74) is 4.65. The molecule has 0 fully saturated rings. The third-order valence-corrected chi connectivity index (χ3v) is 5.86. The summed E-state index contributed by atoms with van der Waals surface area (Å²) in [7, 11) is 0. The number of nitrogens with zero attached hydrogens (tertiary/aromatic N) is 3. The van der Waals surface area contributed by atoms with Gasteiger partial charge in [-0.25, -0.2) is 4.98 Å². The lowest BCUT2D eigenvalue weighted by molar-refractivity contribution is -0.114. The minimum absolute atomic E-state index is 0.147. The lowest BCUT2D eigenvalue weighted by Crippen LogP contribution is -2.16. The molecule has 2 amide bonds. The Labute approximate surface area is 168 Å². The van der Waals surface area contributed by atoms with Gasteiger partial charge in [0.15, 0.2) is 4.80 Å². The lowest BCUT2D eigenvalue weighted by atomic mass is 10.2. The zero-order valence-corrected chi connectivity index (χ0v) is 16.4. The molecule has 2 aromatic carbocycles. The second-order valence-corrected chi connectivity index (χ2v) is 7.89. The van der Waals surface area contributed by atoms with E-state index in [1.54, 1.807) is 23.7 Å². The van der Waals surface area contributed by atoms with Crippen molar-refractivity contribution in [2.75, 3.05) is 5.32 Å². The van der Waals surface area contributed by atoms with Crippen molar-refractivity contribution in [1.82, 2.24) is 9.55 Å². The van der Waals surface area contributed by atoms with Crippen LogP contribution in [0.25, 0.3) is 20.4 Å². The monoisotopic (exact) mass is 406 g/mol. The number of carbonyl (C=O) groups excluding carboxylic acids is 2. The summed E-state index contributed by atoms with van der Waals surface area (Å²) in [6.07, 6.45) is 5.51. The molecule has 0 saturated carbocycles. The normalized spacial score (nSPS) is 11.6. The Bertz CT molecular complexity index is 1340. The van der Waals surface area contributed by atoms with Crippen LogP contribution in [0.3, 0.4) is 0 Å². The Morgan fingerprint density at radius 3 is 2.89 bits per heavy atom. The summed E-state index contributed by atoms with van der Waals surface area (Å²) >= 11 is 2.83. The van der Waals surface area contributed by atoms with Gasteiger partial charge in [0, 0.05) is 18.2 Å². The number of rotatable bonds is 3. The van der Waals surface area contributed by atoms with Crippen molar-refractivity contribution in [2.45, 2.75) is 13.5 Å². The van der Waals surface area contributed by atoms with E-state index in [1.165, 1.54) is 29.6 Å². The molecule has 0 saturated heterocycles. The van der Waals surface area contributed by atoms with E-state index in [9.17, 15) is 9.59 Å². The largest absolute Gasteiger partial charge is 0.326 e. The molecular weight excluding hydrogens is 392 g/mol. The first-order chi connectivity index (χ1) is 13.5. The minimum atomic E-state index is -0.338. The summed E-state index contributed by atoms with van der Waals surface area (Å²) in [5, 5.41) is 2.75. The highest BCUT2D eigenvalue weighted by molar-refractivity contribution is 7.17. The number of amides is 2. The number of hydrogen-bond donors (Lipinski definition) is 1. The first-order valence-corrected chi connectivity index (χ1v) is 10.0. The predicted molar refractivity (Wildman–Crippen MR) is 112 cm³/mol. The number of fused-ring (bicyclic) bond motifs is 2. The van der Waals surface area contributed by atoms with E-state index in [-0.39, 0.29) is 11.8 Å². The molecule has 0 bridgehead atoms. The average Bonchev–Trinajstić information content (AvgIpc) is 3.25. The maximum atomic E-state index is 12.7. The minimum Gasteiger partial charge on any atom is -0.326 e. The van der Waals surface area contributed by atoms with Crippen molar-refractivity contribution >= 4 is 60.6 Å². The van der Waals surface area contributed by atoms with Gasteiger partial charge in [-0.1, -0.05) is 17.3 Å². The standard InChI is InChI=1S/C20H14N4O2S2/c1-3-8-24-16-7-5-14(22-12(2)25)10-18(16)28-20(24)23-19(26)13-4-6-15-17(9-13)27-11-21-15/h1,4-7,9-11H,8H2,2H3,(H,22,25). The maximum absolute atomic E-state index is 12.7. The number of hydrogen-bond acceptors (Lipinski definition) is 5. The predicted octanol–water partition coefficient (Wildman–Crippen LogP) is 3.65. The molecule has 1 N–H and O–H groups in total. The van der Waals surface area contributed by atoms with Gasteiger partial charge < -0.3 is 9.88 Å². The lowest BCUT2D eigenvalue weighted by Gasteiger charge is -2.03. The van der Waals surface area contributed by atoms with Crippen LogP contribution >= 0.6 is 22.7 Å². The van der Waals surface area contributed by atoms with E-state index in [1.807, 2.05) is 22.8 Å². The Kier molecular flexibility index (Phi) is 4.77. The zero-order chi connectivity index (χ0) is 19.7. The van der Waals surface area contributed by atoms with Crippen molar-refractivity contribution in [3.8, 4) is 12.3 Å². The van der Waals surface area contributed by atoms with Gasteiger partial charge in [-0.3, -0.25) is 9.59 Å². The number of anilines is 1. The van der Waals surface area contributed by atoms with Gasteiger partial charge in [-0.05, 0) is 36.4 Å². The fourth-order valence-corrected chi connectivity index (χ4v) is 4.61. The van der Waals surface area contributed by atoms with Crippen molar-refractivity contribution in [1.29, 1.82) is 0 Å². The van der Waals surface area contributed by atoms with Crippen LogP contribution in [-0.2, 0) is 11.3 Å². The van der Waals surface area contributed by atoms with E-state index in [2.05, 4.69) is 21.2 Å². The van der Waals surface area contributed by atoms with Gasteiger partial charge in [-0.15, -0.1) is 17.8 Å². The summed E-state index contributed by atoms with van der Waals surface area (Å²) in [5.74, 6) is 2.12. The third kappa shape index (κ3) is 3.45. The third-order valence-electron chi connectivity index (χ3n) is 4.03. The van der Waals surface area contributed by atoms with Crippen molar-refractivity contribution in [2.24, 2.45) is 4.99 Å². The van der Waals surface area contributed by atoms with Crippen LogP contribution in [0.4, 0.5) is 5.69 Å². The second-order valence-electron chi connectivity index (χ2n) is 5.99. The molecular formula is C20H14N4O2S2. The molecule has 28 heavy (non-hydrogen) atoms. The number of nitrogens with one attached hydrogen (secondary N) is 1. The molecule has 4 rings (SSSR count). The topological polar surface area (TPSA) is 76.3 Å². The Morgan fingerprint density at radius 2 is 2.11 bits per heavy atom. The molecule has 0 unspecified atom stereocenters. The first kappa shape index (κ1) is 18.1. The Morgan fingerprint density at radius 1 is 1.25 bits per heavy atom. The van der Waals surface area contributed by atoms with Crippen LogP contribution in [0.1, 0.15) is 17.3 Å². The number of benzene rings is 2. The van der Waals surface area contributed by atoms with Crippen LogP contribution in [0.5, 0.6) is 0 Å². The summed E-state index contributed by atoms with van der Waals surface area (Å²) in [6, 6.07) is 10.8. The molecule has 0 aliphatic heterocycles. The fraction of sp³-hybridized carbons (Fsp3) is 0.100. The summed E-state index contributed by atoms with van der Waals surface area (Å²) in [4.78, 5) is 33.1. The van der Waals surface area contributed by atoms with Gasteiger partial charge in [0.1, 0.15) is 0 Å². The van der Waals surface area contributed by atoms with Gasteiger partial charge in [0.25, 0.3) is 5.91 Å². The molecule has 4 aromatic rings. The maximum Gasteiger partial charge on any atom is 0.279 e. The van der Waals surface area contributed by atoms with Crippen molar-refractivity contribution < 1.29 is 9.59 Å². The van der Waals surface area contributed by atoms with Gasteiger partial charge in [0.05, 0.1) is 32.5 Å². The van der Waals surface area contributed by atoms with E-state index >= 15 is 0 Å². The molecule has 0 aliphatic carbocycles. The van der Waals surface area contributed by atoms with Crippen molar-refractivity contribution in [3.05, 3.63) is 52.3 Å².